The predicted octanol–water partition coefficient (Wildman–Crippen LogP) is 5.31. The molecule has 0 fully saturated rings. The predicted molar refractivity (Wildman–Crippen MR) is 113 cm³/mol. The highest BCUT2D eigenvalue weighted by atomic mass is 32.1. The van der Waals surface area contributed by atoms with Gasteiger partial charge in [-0.15, -0.1) is 11.3 Å². The summed E-state index contributed by atoms with van der Waals surface area (Å²) >= 11 is 1.93. The van der Waals surface area contributed by atoms with E-state index in [9.17, 15) is 0 Å². The lowest BCUT2D eigenvalue weighted by atomic mass is 9.96. The van der Waals surface area contributed by atoms with Gasteiger partial charge in [0.05, 0.1) is 0 Å². The van der Waals surface area contributed by atoms with Gasteiger partial charge in [-0.25, -0.2) is 0 Å². The molecule has 2 heteroatoms. The van der Waals surface area contributed by atoms with Crippen LogP contribution in [0.2, 0.25) is 0 Å². The van der Waals surface area contributed by atoms with E-state index in [1.807, 2.05) is 11.3 Å². The van der Waals surface area contributed by atoms with Gasteiger partial charge in [0.25, 0.3) is 0 Å². The molecule has 1 aliphatic carbocycles. The lowest BCUT2D eigenvalue weighted by molar-refractivity contribution is 1.09. The first-order chi connectivity index (χ1) is 12.9. The lowest BCUT2D eigenvalue weighted by Gasteiger charge is -2.09. The van der Waals surface area contributed by atoms with E-state index in [0.29, 0.717) is 0 Å². The summed E-state index contributed by atoms with van der Waals surface area (Å²) in [5, 5.41) is 5.45. The molecular formula is C24H17NS. The van der Waals surface area contributed by atoms with Gasteiger partial charge in [0, 0.05) is 31.0 Å². The number of hydrogen-bond acceptors (Lipinski definition) is 1. The standard InChI is InChI=1S/C24H17NS/c1-3-10-21-17(6-1)18-13-12-15(14-22(18)25-21)16-8-5-9-20-19-7-2-4-11-23(19)26-24(16)20/h1-4,6-7,9-14,25H,5,8H2. The third-order valence-electron chi connectivity index (χ3n) is 5.51. The van der Waals surface area contributed by atoms with E-state index >= 15 is 0 Å². The number of hydrogen-bond donors (Lipinski definition) is 1. The average Bonchev–Trinajstić information content (AvgIpc) is 3.25. The Morgan fingerprint density at radius 2 is 1.58 bits per heavy atom. The summed E-state index contributed by atoms with van der Waals surface area (Å²) in [6.07, 6.45) is 4.65. The molecule has 1 aliphatic rings. The number of aromatic nitrogens is 1. The normalized spacial score (nSPS) is 14.1. The van der Waals surface area contributed by atoms with Crippen molar-refractivity contribution in [2.45, 2.75) is 12.8 Å². The summed E-state index contributed by atoms with van der Waals surface area (Å²) in [6, 6.07) is 24.3. The molecule has 2 aromatic heterocycles. The third kappa shape index (κ3) is 1.96. The van der Waals surface area contributed by atoms with Crippen LogP contribution in [0.25, 0.3) is 43.5 Å². The number of fused-ring (bicyclic) bond motifs is 6. The van der Waals surface area contributed by atoms with E-state index < -0.39 is 0 Å². The Morgan fingerprint density at radius 3 is 2.54 bits per heavy atom. The number of para-hydroxylation sites is 1. The Kier molecular flexibility index (Phi) is 2.94. The first-order valence-corrected chi connectivity index (χ1v) is 9.92. The van der Waals surface area contributed by atoms with Crippen LogP contribution in [0, 0.1) is 0 Å². The van der Waals surface area contributed by atoms with Gasteiger partial charge < -0.3 is 4.98 Å². The average molecular weight is 351 g/mol. The van der Waals surface area contributed by atoms with Crippen LogP contribution in [0.5, 0.6) is 0 Å². The fourth-order valence-corrected chi connectivity index (χ4v) is 5.59. The molecule has 1 nitrogen and oxygen atoms in total. The second-order valence-corrected chi connectivity index (χ2v) is 8.05. The Hall–Kier alpha value is -2.84. The number of thiophene rings is 1. The number of benzene rings is 3. The van der Waals surface area contributed by atoms with Gasteiger partial charge in [0.1, 0.15) is 0 Å². The molecule has 0 radical (unpaired) electrons. The summed E-state index contributed by atoms with van der Waals surface area (Å²) < 4.78 is 2.84. The lowest BCUT2D eigenvalue weighted by Crippen LogP contribution is -2.25. The summed E-state index contributed by atoms with van der Waals surface area (Å²) in [5.41, 5.74) is 5.28. The highest BCUT2D eigenvalue weighted by Gasteiger charge is 2.13. The maximum Gasteiger partial charge on any atom is 0.0470 e. The molecule has 6 rings (SSSR count). The van der Waals surface area contributed by atoms with Crippen LogP contribution in [0.4, 0.5) is 0 Å². The summed E-state index contributed by atoms with van der Waals surface area (Å²) in [6.45, 7) is 0. The first kappa shape index (κ1) is 14.3. The molecular weight excluding hydrogens is 334 g/mol. The van der Waals surface area contributed by atoms with E-state index in [0.717, 1.165) is 12.8 Å². The van der Waals surface area contributed by atoms with Crippen molar-refractivity contribution in [1.29, 1.82) is 0 Å². The minimum absolute atomic E-state index is 1.12. The van der Waals surface area contributed by atoms with Crippen molar-refractivity contribution in [3.05, 3.63) is 82.0 Å². The highest BCUT2D eigenvalue weighted by molar-refractivity contribution is 7.17. The Labute approximate surface area is 154 Å². The molecule has 0 atom stereocenters. The number of rotatable bonds is 1. The van der Waals surface area contributed by atoms with Crippen LogP contribution in [0.1, 0.15) is 18.4 Å². The van der Waals surface area contributed by atoms with Crippen LogP contribution < -0.4 is 9.75 Å². The van der Waals surface area contributed by atoms with Gasteiger partial charge in [-0.3, -0.25) is 0 Å². The molecule has 0 amide bonds. The van der Waals surface area contributed by atoms with Crippen LogP contribution in [-0.2, 0) is 0 Å². The zero-order chi connectivity index (χ0) is 17.1. The molecule has 1 N–H and O–H groups in total. The second-order valence-electron chi connectivity index (χ2n) is 6.99. The molecule has 5 aromatic rings. The zero-order valence-corrected chi connectivity index (χ0v) is 15.1. The van der Waals surface area contributed by atoms with E-state index in [1.54, 1.807) is 0 Å². The Bertz CT molecular complexity index is 1430. The largest absolute Gasteiger partial charge is 0.354 e. The molecule has 2 heterocycles. The quantitative estimate of drug-likeness (QED) is 0.421. The van der Waals surface area contributed by atoms with Crippen molar-refractivity contribution in [3.8, 4) is 0 Å². The van der Waals surface area contributed by atoms with Crippen molar-refractivity contribution in [2.75, 3.05) is 0 Å². The van der Waals surface area contributed by atoms with Gasteiger partial charge in [-0.05, 0) is 52.8 Å². The van der Waals surface area contributed by atoms with Crippen LogP contribution in [0.15, 0.2) is 66.7 Å². The molecule has 3 aromatic carbocycles. The molecule has 0 bridgehead atoms. The minimum atomic E-state index is 1.12. The molecule has 124 valence electrons. The van der Waals surface area contributed by atoms with Gasteiger partial charge in [-0.1, -0.05) is 54.6 Å². The van der Waals surface area contributed by atoms with E-state index in [4.69, 9.17) is 0 Å². The van der Waals surface area contributed by atoms with Crippen molar-refractivity contribution in [1.82, 2.24) is 4.98 Å². The smallest absolute Gasteiger partial charge is 0.0470 e. The minimum Gasteiger partial charge on any atom is -0.354 e. The second kappa shape index (κ2) is 5.33. The molecule has 0 spiro atoms. The van der Waals surface area contributed by atoms with Crippen LogP contribution >= 0.6 is 11.3 Å². The molecule has 0 saturated carbocycles. The third-order valence-corrected chi connectivity index (χ3v) is 6.75. The number of aromatic amines is 1. The van der Waals surface area contributed by atoms with Gasteiger partial charge in [0.15, 0.2) is 0 Å². The Morgan fingerprint density at radius 1 is 0.769 bits per heavy atom. The monoisotopic (exact) mass is 351 g/mol. The van der Waals surface area contributed by atoms with Gasteiger partial charge in [0.2, 0.25) is 0 Å². The maximum absolute atomic E-state index is 3.59. The Balaban J connectivity index is 1.67. The van der Waals surface area contributed by atoms with Crippen LogP contribution in [-0.4, -0.2) is 4.98 Å². The van der Waals surface area contributed by atoms with Gasteiger partial charge >= 0.3 is 0 Å². The van der Waals surface area contributed by atoms with Gasteiger partial charge in [-0.2, -0.15) is 0 Å². The van der Waals surface area contributed by atoms with Crippen molar-refractivity contribution in [3.63, 3.8) is 0 Å². The first-order valence-electron chi connectivity index (χ1n) is 9.10. The van der Waals surface area contributed by atoms with E-state index in [-0.39, 0.29) is 0 Å². The van der Waals surface area contributed by atoms with Crippen LogP contribution in [0.3, 0.4) is 0 Å². The maximum atomic E-state index is 3.59. The van der Waals surface area contributed by atoms with E-state index in [1.165, 1.54) is 52.8 Å². The SMILES string of the molecule is C1=c2c(sc3ccccc23)=C(c2ccc3c(c2)[nH]c2ccccc23)CC1. The molecule has 0 saturated heterocycles. The summed E-state index contributed by atoms with van der Waals surface area (Å²) in [5.74, 6) is 0. The van der Waals surface area contributed by atoms with Crippen molar-refractivity contribution in [2.24, 2.45) is 0 Å². The van der Waals surface area contributed by atoms with Crippen molar-refractivity contribution < 1.29 is 0 Å². The van der Waals surface area contributed by atoms with Crippen molar-refractivity contribution >= 4 is 54.9 Å². The topological polar surface area (TPSA) is 15.8 Å². The summed E-state index contributed by atoms with van der Waals surface area (Å²) in [7, 11) is 0. The fourth-order valence-electron chi connectivity index (χ4n) is 4.28. The highest BCUT2D eigenvalue weighted by Crippen LogP contribution is 2.29. The number of H-pyrrole nitrogens is 1. The summed E-state index contributed by atoms with van der Waals surface area (Å²) in [4.78, 5) is 3.59. The molecule has 26 heavy (non-hydrogen) atoms. The van der Waals surface area contributed by atoms with E-state index in [2.05, 4.69) is 77.8 Å². The molecule has 0 unspecified atom stereocenters. The molecule has 0 aliphatic heterocycles. The fraction of sp³-hybridized carbons (Fsp3) is 0.0833. The zero-order valence-electron chi connectivity index (χ0n) is 14.3. The number of nitrogens with one attached hydrogen (secondary N) is 1.